The SMILES string of the molecule is COc1ccc(Br)cc1/C=N/NC(=O)Cc1ccc(Cl)cc1. The standard InChI is InChI=1S/C16H14BrClN2O2/c1-22-15-7-4-13(17)9-12(15)10-19-20-16(21)8-11-2-5-14(18)6-3-11/h2-7,9-10H,8H2,1H3,(H,20,21)/b19-10+. The first-order valence-corrected chi connectivity index (χ1v) is 7.65. The molecule has 2 aromatic rings. The predicted molar refractivity (Wildman–Crippen MR) is 91.6 cm³/mol. The molecule has 0 atom stereocenters. The summed E-state index contributed by atoms with van der Waals surface area (Å²) in [6.45, 7) is 0. The van der Waals surface area contributed by atoms with Crippen LogP contribution in [0.4, 0.5) is 0 Å². The maximum absolute atomic E-state index is 11.8. The Morgan fingerprint density at radius 3 is 2.73 bits per heavy atom. The van der Waals surface area contributed by atoms with Crippen LogP contribution in [-0.4, -0.2) is 19.2 Å². The van der Waals surface area contributed by atoms with Gasteiger partial charge in [-0.1, -0.05) is 39.7 Å². The molecule has 2 rings (SSSR count). The van der Waals surface area contributed by atoms with Crippen LogP contribution in [0.15, 0.2) is 52.0 Å². The van der Waals surface area contributed by atoms with Crippen LogP contribution < -0.4 is 10.2 Å². The van der Waals surface area contributed by atoms with Crippen LogP contribution in [0, 0.1) is 0 Å². The minimum atomic E-state index is -0.201. The molecule has 0 fully saturated rings. The summed E-state index contributed by atoms with van der Waals surface area (Å²) in [4.78, 5) is 11.8. The first-order valence-electron chi connectivity index (χ1n) is 6.48. The number of methoxy groups -OCH3 is 1. The summed E-state index contributed by atoms with van der Waals surface area (Å²) in [6.07, 6.45) is 1.79. The van der Waals surface area contributed by atoms with E-state index in [1.807, 2.05) is 30.3 Å². The number of halogens is 2. The topological polar surface area (TPSA) is 50.7 Å². The maximum atomic E-state index is 11.8. The van der Waals surface area contributed by atoms with Crippen LogP contribution in [0.25, 0.3) is 0 Å². The molecule has 0 radical (unpaired) electrons. The second kappa shape index (κ2) is 7.96. The molecule has 0 heterocycles. The molecule has 0 spiro atoms. The number of nitrogens with zero attached hydrogens (tertiary/aromatic N) is 1. The predicted octanol–water partition coefficient (Wildman–Crippen LogP) is 3.80. The molecule has 0 aliphatic carbocycles. The van der Waals surface area contributed by atoms with Crippen molar-refractivity contribution in [3.05, 3.63) is 63.1 Å². The molecule has 0 aromatic heterocycles. The summed E-state index contributed by atoms with van der Waals surface area (Å²) in [6, 6.07) is 12.7. The van der Waals surface area contributed by atoms with E-state index in [0.717, 1.165) is 15.6 Å². The summed E-state index contributed by atoms with van der Waals surface area (Å²) >= 11 is 9.18. The van der Waals surface area contributed by atoms with Crippen LogP contribution >= 0.6 is 27.5 Å². The van der Waals surface area contributed by atoms with Crippen molar-refractivity contribution < 1.29 is 9.53 Å². The fourth-order valence-corrected chi connectivity index (χ4v) is 2.31. The molecule has 0 aliphatic heterocycles. The molecule has 0 saturated carbocycles. The Morgan fingerprint density at radius 1 is 1.32 bits per heavy atom. The number of hydrogen-bond donors (Lipinski definition) is 1. The van der Waals surface area contributed by atoms with E-state index in [4.69, 9.17) is 16.3 Å². The van der Waals surface area contributed by atoms with Crippen LogP contribution in [0.5, 0.6) is 5.75 Å². The number of carbonyl (C=O) groups excluding carboxylic acids is 1. The molecule has 0 unspecified atom stereocenters. The number of nitrogens with one attached hydrogen (secondary N) is 1. The van der Waals surface area contributed by atoms with E-state index in [0.29, 0.717) is 10.8 Å². The highest BCUT2D eigenvalue weighted by Crippen LogP contribution is 2.21. The molecule has 0 bridgehead atoms. The smallest absolute Gasteiger partial charge is 0.244 e. The number of hydrogen-bond acceptors (Lipinski definition) is 3. The van der Waals surface area contributed by atoms with Gasteiger partial charge >= 0.3 is 0 Å². The molecular weight excluding hydrogens is 368 g/mol. The molecular formula is C16H14BrClN2O2. The molecule has 6 heteroatoms. The minimum Gasteiger partial charge on any atom is -0.496 e. The zero-order chi connectivity index (χ0) is 15.9. The van der Waals surface area contributed by atoms with E-state index in [2.05, 4.69) is 26.5 Å². The zero-order valence-corrected chi connectivity index (χ0v) is 14.2. The molecule has 114 valence electrons. The third-order valence-electron chi connectivity index (χ3n) is 2.86. The number of ether oxygens (including phenoxy) is 1. The quantitative estimate of drug-likeness (QED) is 0.632. The number of amides is 1. The highest BCUT2D eigenvalue weighted by molar-refractivity contribution is 9.10. The Labute approximate surface area is 142 Å². The third-order valence-corrected chi connectivity index (χ3v) is 3.61. The third kappa shape index (κ3) is 4.86. The van der Waals surface area contributed by atoms with Gasteiger partial charge in [-0.15, -0.1) is 0 Å². The molecule has 22 heavy (non-hydrogen) atoms. The van der Waals surface area contributed by atoms with Gasteiger partial charge < -0.3 is 4.74 Å². The Balaban J connectivity index is 1.96. The van der Waals surface area contributed by atoms with Gasteiger partial charge in [-0.25, -0.2) is 5.43 Å². The summed E-state index contributed by atoms with van der Waals surface area (Å²) < 4.78 is 6.13. The Bertz CT molecular complexity index is 687. The Morgan fingerprint density at radius 2 is 2.05 bits per heavy atom. The lowest BCUT2D eigenvalue weighted by Crippen LogP contribution is -2.19. The van der Waals surface area contributed by atoms with Crippen LogP contribution in [0.3, 0.4) is 0 Å². The van der Waals surface area contributed by atoms with Crippen molar-refractivity contribution in [2.75, 3.05) is 7.11 Å². The van der Waals surface area contributed by atoms with Gasteiger partial charge in [0.05, 0.1) is 19.7 Å². The van der Waals surface area contributed by atoms with Crippen molar-refractivity contribution in [1.29, 1.82) is 0 Å². The summed E-state index contributed by atoms with van der Waals surface area (Å²) in [5.41, 5.74) is 4.13. The van der Waals surface area contributed by atoms with Gasteiger partial charge in [0.1, 0.15) is 5.75 Å². The average molecular weight is 382 g/mol. The van der Waals surface area contributed by atoms with Crippen LogP contribution in [0.2, 0.25) is 5.02 Å². The number of carbonyl (C=O) groups is 1. The molecule has 4 nitrogen and oxygen atoms in total. The maximum Gasteiger partial charge on any atom is 0.244 e. The highest BCUT2D eigenvalue weighted by atomic mass is 79.9. The fraction of sp³-hybridized carbons (Fsp3) is 0.125. The van der Waals surface area contributed by atoms with Crippen LogP contribution in [0.1, 0.15) is 11.1 Å². The van der Waals surface area contributed by atoms with Crippen molar-refractivity contribution >= 4 is 39.7 Å². The minimum absolute atomic E-state index is 0.201. The van der Waals surface area contributed by atoms with Crippen molar-refractivity contribution in [1.82, 2.24) is 5.43 Å². The molecule has 1 amide bonds. The van der Waals surface area contributed by atoms with Gasteiger partial charge in [-0.3, -0.25) is 4.79 Å². The normalized spacial score (nSPS) is 10.7. The lowest BCUT2D eigenvalue weighted by Gasteiger charge is -2.05. The highest BCUT2D eigenvalue weighted by Gasteiger charge is 2.03. The summed E-state index contributed by atoms with van der Waals surface area (Å²) in [5.74, 6) is 0.478. The van der Waals surface area contributed by atoms with E-state index in [1.165, 1.54) is 0 Å². The van der Waals surface area contributed by atoms with E-state index < -0.39 is 0 Å². The molecule has 1 N–H and O–H groups in total. The first kappa shape index (κ1) is 16.5. The second-order valence-electron chi connectivity index (χ2n) is 4.48. The first-order chi connectivity index (χ1) is 10.6. The average Bonchev–Trinajstić information content (AvgIpc) is 2.50. The largest absolute Gasteiger partial charge is 0.496 e. The number of hydrazone groups is 1. The summed E-state index contributed by atoms with van der Waals surface area (Å²) in [7, 11) is 1.58. The van der Waals surface area contributed by atoms with Gasteiger partial charge in [0.15, 0.2) is 0 Å². The second-order valence-corrected chi connectivity index (χ2v) is 5.83. The van der Waals surface area contributed by atoms with Gasteiger partial charge in [-0.05, 0) is 35.9 Å². The monoisotopic (exact) mass is 380 g/mol. The molecule has 0 saturated heterocycles. The van der Waals surface area contributed by atoms with Gasteiger partial charge in [0.2, 0.25) is 5.91 Å². The van der Waals surface area contributed by atoms with Gasteiger partial charge in [0, 0.05) is 15.1 Å². The zero-order valence-electron chi connectivity index (χ0n) is 11.8. The van der Waals surface area contributed by atoms with Crippen molar-refractivity contribution in [2.24, 2.45) is 5.10 Å². The Hall–Kier alpha value is -1.85. The van der Waals surface area contributed by atoms with E-state index >= 15 is 0 Å². The van der Waals surface area contributed by atoms with Gasteiger partial charge in [-0.2, -0.15) is 5.10 Å². The summed E-state index contributed by atoms with van der Waals surface area (Å²) in [5, 5.41) is 4.60. The number of rotatable bonds is 5. The van der Waals surface area contributed by atoms with Crippen molar-refractivity contribution in [3.63, 3.8) is 0 Å². The van der Waals surface area contributed by atoms with E-state index in [-0.39, 0.29) is 12.3 Å². The fourth-order valence-electron chi connectivity index (χ4n) is 1.81. The Kier molecular flexibility index (Phi) is 5.98. The van der Waals surface area contributed by atoms with E-state index in [9.17, 15) is 4.79 Å². The molecule has 0 aliphatic rings. The van der Waals surface area contributed by atoms with Crippen molar-refractivity contribution in [2.45, 2.75) is 6.42 Å². The molecule has 2 aromatic carbocycles. The van der Waals surface area contributed by atoms with Crippen molar-refractivity contribution in [3.8, 4) is 5.75 Å². The number of benzene rings is 2. The van der Waals surface area contributed by atoms with Gasteiger partial charge in [0.25, 0.3) is 0 Å². The van der Waals surface area contributed by atoms with Crippen LogP contribution in [-0.2, 0) is 11.2 Å². The lowest BCUT2D eigenvalue weighted by molar-refractivity contribution is -0.120. The lowest BCUT2D eigenvalue weighted by atomic mass is 10.1. The van der Waals surface area contributed by atoms with E-state index in [1.54, 1.807) is 25.5 Å².